The number of anilines is 1. The molecule has 1 aromatic heterocycles. The molecule has 0 saturated carbocycles. The van der Waals surface area contributed by atoms with Crippen molar-refractivity contribution in [3.05, 3.63) is 23.2 Å². The summed E-state index contributed by atoms with van der Waals surface area (Å²) in [5.41, 5.74) is 6.48. The first kappa shape index (κ1) is 10.6. The Bertz CT molecular complexity index is 525. The molecule has 6 heteroatoms. The highest BCUT2D eigenvalue weighted by Gasteiger charge is 2.13. The molecule has 0 aliphatic rings. The number of halogens is 1. The topological polar surface area (TPSA) is 81.5 Å². The number of nitrogen functional groups attached to an aromatic ring is 1. The van der Waals surface area contributed by atoms with Crippen LogP contribution in [-0.4, -0.2) is 17.4 Å². The first-order chi connectivity index (χ1) is 7.61. The van der Waals surface area contributed by atoms with Crippen LogP contribution in [0, 0.1) is 0 Å². The van der Waals surface area contributed by atoms with Crippen LogP contribution in [0.5, 0.6) is 11.5 Å². The molecule has 0 spiro atoms. The zero-order valence-electron chi connectivity index (χ0n) is 8.40. The van der Waals surface area contributed by atoms with Crippen LogP contribution in [0.3, 0.4) is 0 Å². The van der Waals surface area contributed by atoms with Crippen LogP contribution in [-0.2, 0) is 0 Å². The molecule has 0 radical (unpaired) electrons. The second kappa shape index (κ2) is 3.94. The van der Waals surface area contributed by atoms with E-state index in [-0.39, 0.29) is 11.6 Å². The molecule has 5 nitrogen and oxygen atoms in total. The molecule has 0 aliphatic carbocycles. The summed E-state index contributed by atoms with van der Waals surface area (Å²) in [6.45, 7) is 0. The number of aromatic nitrogens is 1. The van der Waals surface area contributed by atoms with Crippen molar-refractivity contribution < 1.29 is 14.4 Å². The molecule has 2 aromatic rings. The summed E-state index contributed by atoms with van der Waals surface area (Å²) in [6, 6.07) is 4.48. The number of methoxy groups -OCH3 is 1. The molecule has 16 heavy (non-hydrogen) atoms. The molecule has 0 fully saturated rings. The predicted molar refractivity (Wildman–Crippen MR) is 59.6 cm³/mol. The summed E-state index contributed by atoms with van der Waals surface area (Å²) < 4.78 is 9.71. The molecule has 0 amide bonds. The van der Waals surface area contributed by atoms with Gasteiger partial charge < -0.3 is 20.1 Å². The zero-order valence-corrected chi connectivity index (χ0v) is 9.15. The number of ether oxygens (including phenoxy) is 1. The maximum Gasteiger partial charge on any atom is 0.222 e. The highest BCUT2D eigenvalue weighted by Crippen LogP contribution is 2.37. The smallest absolute Gasteiger partial charge is 0.222 e. The average Bonchev–Trinajstić information content (AvgIpc) is 2.65. The predicted octanol–water partition coefficient (Wildman–Crippen LogP) is 2.29. The summed E-state index contributed by atoms with van der Waals surface area (Å²) in [5, 5.41) is 13.6. The van der Waals surface area contributed by atoms with Gasteiger partial charge in [-0.1, -0.05) is 16.8 Å². The number of phenols is 1. The minimum absolute atomic E-state index is 0.0345. The lowest BCUT2D eigenvalue weighted by molar-refractivity contribution is 0.373. The maximum atomic E-state index is 9.49. The summed E-state index contributed by atoms with van der Waals surface area (Å²) in [6.07, 6.45) is 0. The van der Waals surface area contributed by atoms with Gasteiger partial charge in [0.2, 0.25) is 5.88 Å². The summed E-state index contributed by atoms with van der Waals surface area (Å²) >= 11 is 5.96. The van der Waals surface area contributed by atoms with Crippen LogP contribution in [0.25, 0.3) is 11.3 Å². The van der Waals surface area contributed by atoms with E-state index >= 15 is 0 Å². The van der Waals surface area contributed by atoms with Gasteiger partial charge >= 0.3 is 0 Å². The Morgan fingerprint density at radius 3 is 2.75 bits per heavy atom. The minimum Gasteiger partial charge on any atom is -0.504 e. The van der Waals surface area contributed by atoms with E-state index in [9.17, 15) is 5.11 Å². The summed E-state index contributed by atoms with van der Waals surface area (Å²) in [4.78, 5) is 0. The Kier molecular flexibility index (Phi) is 2.62. The molecular weight excluding hydrogens is 232 g/mol. The van der Waals surface area contributed by atoms with Crippen LogP contribution in [0.15, 0.2) is 22.7 Å². The molecule has 0 unspecified atom stereocenters. The van der Waals surface area contributed by atoms with Gasteiger partial charge in [0.15, 0.2) is 11.5 Å². The average molecular weight is 241 g/mol. The van der Waals surface area contributed by atoms with E-state index in [1.54, 1.807) is 6.07 Å². The Morgan fingerprint density at radius 2 is 2.19 bits per heavy atom. The molecule has 1 aromatic carbocycles. The molecule has 2 rings (SSSR count). The first-order valence-electron chi connectivity index (χ1n) is 4.41. The first-order valence-corrected chi connectivity index (χ1v) is 4.78. The quantitative estimate of drug-likeness (QED) is 0.842. The van der Waals surface area contributed by atoms with Crippen LogP contribution in [0.2, 0.25) is 5.02 Å². The van der Waals surface area contributed by atoms with Crippen molar-refractivity contribution in [1.82, 2.24) is 5.16 Å². The third kappa shape index (κ3) is 1.77. The number of rotatable bonds is 2. The standard InChI is InChI=1S/C10H9ClN2O3/c1-15-9-2-5(6(11)3-8(9)14)7-4-10(12)16-13-7/h2-4,14H,12H2,1H3. The van der Waals surface area contributed by atoms with Gasteiger partial charge in [0, 0.05) is 17.7 Å². The monoisotopic (exact) mass is 240 g/mol. The van der Waals surface area contributed by atoms with E-state index in [1.807, 2.05) is 0 Å². The van der Waals surface area contributed by atoms with Crippen molar-refractivity contribution in [2.24, 2.45) is 0 Å². The summed E-state index contributed by atoms with van der Waals surface area (Å²) in [5.74, 6) is 0.465. The Hall–Kier alpha value is -1.88. The molecule has 0 atom stereocenters. The Balaban J connectivity index is 2.56. The third-order valence-corrected chi connectivity index (χ3v) is 2.39. The zero-order chi connectivity index (χ0) is 11.7. The van der Waals surface area contributed by atoms with Gasteiger partial charge in [-0.25, -0.2) is 0 Å². The SMILES string of the molecule is COc1cc(-c2cc(N)on2)c(Cl)cc1O. The second-order valence-electron chi connectivity index (χ2n) is 3.12. The van der Waals surface area contributed by atoms with E-state index in [0.717, 1.165) is 0 Å². The number of phenolic OH excluding ortho intramolecular Hbond substituents is 1. The van der Waals surface area contributed by atoms with Crippen molar-refractivity contribution in [3.63, 3.8) is 0 Å². The van der Waals surface area contributed by atoms with E-state index in [1.165, 1.54) is 19.2 Å². The number of benzene rings is 1. The van der Waals surface area contributed by atoms with Gasteiger partial charge in [-0.3, -0.25) is 0 Å². The van der Waals surface area contributed by atoms with Crippen molar-refractivity contribution in [2.75, 3.05) is 12.8 Å². The molecule has 0 aliphatic heterocycles. The van der Waals surface area contributed by atoms with Crippen LogP contribution in [0.4, 0.5) is 5.88 Å². The fourth-order valence-electron chi connectivity index (χ4n) is 1.32. The lowest BCUT2D eigenvalue weighted by Crippen LogP contribution is -1.86. The Labute approximate surface area is 96.4 Å². The third-order valence-electron chi connectivity index (χ3n) is 2.07. The van der Waals surface area contributed by atoms with Crippen molar-refractivity contribution in [3.8, 4) is 22.8 Å². The second-order valence-corrected chi connectivity index (χ2v) is 3.53. The van der Waals surface area contributed by atoms with Crippen molar-refractivity contribution in [1.29, 1.82) is 0 Å². The number of hydrogen-bond acceptors (Lipinski definition) is 5. The van der Waals surface area contributed by atoms with E-state index in [2.05, 4.69) is 5.16 Å². The normalized spacial score (nSPS) is 10.4. The largest absolute Gasteiger partial charge is 0.504 e. The molecule has 3 N–H and O–H groups in total. The van der Waals surface area contributed by atoms with Crippen molar-refractivity contribution >= 4 is 17.5 Å². The fourth-order valence-corrected chi connectivity index (χ4v) is 1.57. The highest BCUT2D eigenvalue weighted by molar-refractivity contribution is 6.33. The number of aromatic hydroxyl groups is 1. The van der Waals surface area contributed by atoms with Crippen molar-refractivity contribution in [2.45, 2.75) is 0 Å². The number of nitrogens with zero attached hydrogens (tertiary/aromatic N) is 1. The highest BCUT2D eigenvalue weighted by atomic mass is 35.5. The number of nitrogens with two attached hydrogens (primary N) is 1. The fraction of sp³-hybridized carbons (Fsp3) is 0.100. The maximum absolute atomic E-state index is 9.49. The molecule has 0 bridgehead atoms. The van der Waals surface area contributed by atoms with Gasteiger partial charge in [-0.15, -0.1) is 0 Å². The van der Waals surface area contributed by atoms with E-state index in [4.69, 9.17) is 26.6 Å². The molecular formula is C10H9ClN2O3. The molecule has 1 heterocycles. The van der Waals surface area contributed by atoms with Crippen LogP contribution < -0.4 is 10.5 Å². The van der Waals surface area contributed by atoms with Gasteiger partial charge in [0.1, 0.15) is 5.69 Å². The van der Waals surface area contributed by atoms with Gasteiger partial charge in [0.05, 0.1) is 12.1 Å². The lowest BCUT2D eigenvalue weighted by Gasteiger charge is -2.06. The van der Waals surface area contributed by atoms with Crippen LogP contribution >= 0.6 is 11.6 Å². The van der Waals surface area contributed by atoms with Gasteiger partial charge in [-0.05, 0) is 6.07 Å². The van der Waals surface area contributed by atoms with Gasteiger partial charge in [-0.2, -0.15) is 0 Å². The van der Waals surface area contributed by atoms with E-state index < -0.39 is 0 Å². The summed E-state index contributed by atoms with van der Waals surface area (Å²) in [7, 11) is 1.45. The molecule has 0 saturated heterocycles. The molecule has 84 valence electrons. The minimum atomic E-state index is -0.0345. The lowest BCUT2D eigenvalue weighted by atomic mass is 10.1. The van der Waals surface area contributed by atoms with Gasteiger partial charge in [0.25, 0.3) is 0 Å². The van der Waals surface area contributed by atoms with Crippen LogP contribution in [0.1, 0.15) is 0 Å². The number of hydrogen-bond donors (Lipinski definition) is 2. The Morgan fingerprint density at radius 1 is 1.44 bits per heavy atom. The van der Waals surface area contributed by atoms with E-state index in [0.29, 0.717) is 22.0 Å².